The number of methoxy groups -OCH3 is 1. The van der Waals surface area contributed by atoms with Gasteiger partial charge in [-0.05, 0) is 18.2 Å². The van der Waals surface area contributed by atoms with Gasteiger partial charge in [-0.1, -0.05) is 0 Å². The molecule has 1 saturated heterocycles. The fourth-order valence-corrected chi connectivity index (χ4v) is 3.49. The summed E-state index contributed by atoms with van der Waals surface area (Å²) in [5, 5.41) is 2.26. The van der Waals surface area contributed by atoms with Crippen molar-refractivity contribution < 1.29 is 27.1 Å². The number of ether oxygens (including phenoxy) is 2. The molecule has 1 aliphatic heterocycles. The molecule has 1 heterocycles. The van der Waals surface area contributed by atoms with Crippen LogP contribution in [-0.2, 0) is 24.3 Å². The number of nitrogens with zero attached hydrogens (tertiary/aromatic N) is 1. The number of morpholine rings is 1. The van der Waals surface area contributed by atoms with Crippen LogP contribution in [0.4, 0.5) is 10.1 Å². The molecular weight excluding hydrogens is 315 g/mol. The van der Waals surface area contributed by atoms with E-state index in [0.717, 1.165) is 18.2 Å². The van der Waals surface area contributed by atoms with Crippen molar-refractivity contribution in [2.24, 2.45) is 0 Å². The van der Waals surface area contributed by atoms with Gasteiger partial charge < -0.3 is 14.8 Å². The maximum absolute atomic E-state index is 13.6. The van der Waals surface area contributed by atoms with Gasteiger partial charge in [0.15, 0.2) is 6.29 Å². The first kappa shape index (κ1) is 16.8. The number of amides is 1. The highest BCUT2D eigenvalue weighted by atomic mass is 32.2. The van der Waals surface area contributed by atoms with E-state index in [1.165, 1.54) is 18.3 Å². The topological polar surface area (TPSA) is 84.9 Å². The van der Waals surface area contributed by atoms with Gasteiger partial charge in [-0.3, -0.25) is 4.79 Å². The molecule has 0 saturated carbocycles. The zero-order valence-electron chi connectivity index (χ0n) is 12.2. The van der Waals surface area contributed by atoms with Gasteiger partial charge in [0.2, 0.25) is 15.9 Å². The van der Waals surface area contributed by atoms with Crippen LogP contribution in [0.3, 0.4) is 0 Å². The van der Waals surface area contributed by atoms with E-state index < -0.39 is 28.0 Å². The van der Waals surface area contributed by atoms with Crippen molar-refractivity contribution in [2.45, 2.75) is 18.1 Å². The highest BCUT2D eigenvalue weighted by Crippen LogP contribution is 2.24. The van der Waals surface area contributed by atoms with Crippen molar-refractivity contribution in [3.05, 3.63) is 24.0 Å². The number of anilines is 1. The highest BCUT2D eigenvalue weighted by molar-refractivity contribution is 7.89. The maximum Gasteiger partial charge on any atom is 0.243 e. The predicted octanol–water partition coefficient (Wildman–Crippen LogP) is 0.777. The van der Waals surface area contributed by atoms with E-state index in [9.17, 15) is 17.6 Å². The summed E-state index contributed by atoms with van der Waals surface area (Å²) in [6, 6.07) is 3.27. The number of carbonyl (C=O) groups is 1. The Hall–Kier alpha value is -1.55. The predicted molar refractivity (Wildman–Crippen MR) is 76.2 cm³/mol. The molecule has 0 radical (unpaired) electrons. The zero-order valence-corrected chi connectivity index (χ0v) is 13.0. The minimum absolute atomic E-state index is 0.0473. The first-order valence-corrected chi connectivity index (χ1v) is 8.00. The molecule has 9 heteroatoms. The Morgan fingerprint density at radius 2 is 2.23 bits per heavy atom. The zero-order chi connectivity index (χ0) is 16.3. The van der Waals surface area contributed by atoms with E-state index >= 15 is 0 Å². The number of hydrogen-bond acceptors (Lipinski definition) is 5. The van der Waals surface area contributed by atoms with Crippen LogP contribution in [-0.4, -0.2) is 51.7 Å². The van der Waals surface area contributed by atoms with Crippen molar-refractivity contribution in [3.63, 3.8) is 0 Å². The van der Waals surface area contributed by atoms with Gasteiger partial charge in [-0.25, -0.2) is 12.8 Å². The number of rotatable bonds is 4. The third-order valence-electron chi connectivity index (χ3n) is 3.15. The average Bonchev–Trinajstić information content (AvgIpc) is 2.49. The molecule has 122 valence electrons. The standard InChI is InChI=1S/C13H17FN2O5S/c1-9(17)15-12-7-10(3-4-11(12)14)22(18,19)16-5-6-21-13(8-16)20-2/h3-4,7,13H,5-6,8H2,1-2H3,(H,15,17)/t13-/m0/s1. The number of hydrogen-bond donors (Lipinski definition) is 1. The summed E-state index contributed by atoms with van der Waals surface area (Å²) >= 11 is 0. The molecule has 1 amide bonds. The molecule has 0 aliphatic carbocycles. The van der Waals surface area contributed by atoms with Crippen molar-refractivity contribution in [1.29, 1.82) is 0 Å². The Balaban J connectivity index is 2.31. The SMILES string of the molecule is CO[C@@H]1CN(S(=O)(=O)c2ccc(F)c(NC(C)=O)c2)CCO1. The number of nitrogens with one attached hydrogen (secondary N) is 1. The van der Waals surface area contributed by atoms with Crippen LogP contribution in [0.5, 0.6) is 0 Å². The van der Waals surface area contributed by atoms with Gasteiger partial charge in [-0.2, -0.15) is 4.31 Å². The Morgan fingerprint density at radius 1 is 1.50 bits per heavy atom. The van der Waals surface area contributed by atoms with Crippen LogP contribution in [0.2, 0.25) is 0 Å². The van der Waals surface area contributed by atoms with Crippen LogP contribution in [0.1, 0.15) is 6.92 Å². The summed E-state index contributed by atoms with van der Waals surface area (Å²) in [4.78, 5) is 10.9. The Labute approximate surface area is 128 Å². The van der Waals surface area contributed by atoms with Gasteiger partial charge in [0, 0.05) is 20.6 Å². The minimum Gasteiger partial charge on any atom is -0.354 e. The second-order valence-electron chi connectivity index (χ2n) is 4.72. The molecule has 7 nitrogen and oxygen atoms in total. The molecule has 0 bridgehead atoms. The van der Waals surface area contributed by atoms with Crippen LogP contribution in [0, 0.1) is 5.82 Å². The van der Waals surface area contributed by atoms with Crippen molar-refractivity contribution in [1.82, 2.24) is 4.31 Å². The van der Waals surface area contributed by atoms with Gasteiger partial charge in [-0.15, -0.1) is 0 Å². The summed E-state index contributed by atoms with van der Waals surface area (Å²) in [5.74, 6) is -1.19. The molecule has 1 N–H and O–H groups in total. The minimum atomic E-state index is -3.82. The largest absolute Gasteiger partial charge is 0.354 e. The van der Waals surface area contributed by atoms with Gasteiger partial charge >= 0.3 is 0 Å². The lowest BCUT2D eigenvalue weighted by atomic mass is 10.3. The quantitative estimate of drug-likeness (QED) is 0.881. The number of sulfonamides is 1. The second kappa shape index (κ2) is 6.69. The molecule has 1 aromatic rings. The normalized spacial score (nSPS) is 19.9. The summed E-state index contributed by atoms with van der Waals surface area (Å²) < 4.78 is 50.2. The first-order chi connectivity index (χ1) is 10.3. The van der Waals surface area contributed by atoms with E-state index in [0.29, 0.717) is 0 Å². The van der Waals surface area contributed by atoms with E-state index in [4.69, 9.17) is 9.47 Å². The van der Waals surface area contributed by atoms with E-state index in [1.807, 2.05) is 0 Å². The lowest BCUT2D eigenvalue weighted by molar-refractivity contribution is -0.151. The second-order valence-corrected chi connectivity index (χ2v) is 6.66. The fraction of sp³-hybridized carbons (Fsp3) is 0.462. The van der Waals surface area contributed by atoms with Gasteiger partial charge in [0.25, 0.3) is 0 Å². The molecule has 1 aliphatic rings. The molecule has 0 unspecified atom stereocenters. The fourth-order valence-electron chi connectivity index (χ4n) is 2.06. The van der Waals surface area contributed by atoms with Crippen LogP contribution < -0.4 is 5.32 Å². The summed E-state index contributed by atoms with van der Waals surface area (Å²) in [6.45, 7) is 1.64. The van der Waals surface area contributed by atoms with Crippen LogP contribution in [0.25, 0.3) is 0 Å². The van der Waals surface area contributed by atoms with Crippen molar-refractivity contribution >= 4 is 21.6 Å². The van der Waals surface area contributed by atoms with Crippen LogP contribution in [0.15, 0.2) is 23.1 Å². The molecule has 1 aromatic carbocycles. The van der Waals surface area contributed by atoms with E-state index in [1.54, 1.807) is 0 Å². The monoisotopic (exact) mass is 332 g/mol. The van der Waals surface area contributed by atoms with Gasteiger partial charge in [0.1, 0.15) is 5.82 Å². The Kier molecular flexibility index (Phi) is 5.12. The molecule has 22 heavy (non-hydrogen) atoms. The van der Waals surface area contributed by atoms with E-state index in [2.05, 4.69) is 5.32 Å². The third-order valence-corrected chi connectivity index (χ3v) is 5.01. The molecule has 0 aromatic heterocycles. The van der Waals surface area contributed by atoms with Gasteiger partial charge in [0.05, 0.1) is 23.7 Å². The molecule has 1 atom stereocenters. The summed E-state index contributed by atoms with van der Waals surface area (Å²) in [6.07, 6.45) is -0.640. The molecule has 1 fully saturated rings. The lowest BCUT2D eigenvalue weighted by Crippen LogP contribution is -2.46. The van der Waals surface area contributed by atoms with E-state index in [-0.39, 0.29) is 30.3 Å². The Bertz CT molecular complexity index is 664. The third kappa shape index (κ3) is 3.61. The number of halogens is 1. The number of carbonyl (C=O) groups excluding carboxylic acids is 1. The van der Waals surface area contributed by atoms with Crippen molar-refractivity contribution in [3.8, 4) is 0 Å². The summed E-state index contributed by atoms with van der Waals surface area (Å²) in [7, 11) is -2.40. The maximum atomic E-state index is 13.6. The Morgan fingerprint density at radius 3 is 2.86 bits per heavy atom. The van der Waals surface area contributed by atoms with Crippen LogP contribution >= 0.6 is 0 Å². The molecular formula is C13H17FN2O5S. The smallest absolute Gasteiger partial charge is 0.243 e. The highest BCUT2D eigenvalue weighted by Gasteiger charge is 2.31. The van der Waals surface area contributed by atoms with Crippen molar-refractivity contribution in [2.75, 3.05) is 32.1 Å². The lowest BCUT2D eigenvalue weighted by Gasteiger charge is -2.31. The average molecular weight is 332 g/mol. The first-order valence-electron chi connectivity index (χ1n) is 6.56. The molecule has 0 spiro atoms. The summed E-state index contributed by atoms with van der Waals surface area (Å²) in [5.41, 5.74) is -0.176. The molecule has 2 rings (SSSR count). The number of benzene rings is 1.